The number of hydrogen-bond acceptors (Lipinski definition) is 2. The largest absolute Gasteiger partial charge is 0.357 e. The van der Waals surface area contributed by atoms with Crippen LogP contribution in [0.2, 0.25) is 0 Å². The van der Waals surface area contributed by atoms with Crippen LogP contribution in [0.4, 0.5) is 0 Å². The van der Waals surface area contributed by atoms with E-state index in [1.165, 1.54) is 12.8 Å². The molecule has 19 heavy (non-hydrogen) atoms. The highest BCUT2D eigenvalue weighted by Crippen LogP contribution is 2.27. The fourth-order valence-electron chi connectivity index (χ4n) is 1.51. The van der Waals surface area contributed by atoms with Gasteiger partial charge in [0, 0.05) is 18.6 Å². The molecule has 0 saturated heterocycles. The molecule has 1 aliphatic carbocycles. The molecule has 0 spiro atoms. The minimum Gasteiger partial charge on any atom is -0.357 e. The van der Waals surface area contributed by atoms with Crippen LogP contribution in [0.25, 0.3) is 0 Å². The molecule has 0 aliphatic heterocycles. The molecule has 3 N–H and O–H groups in total. The number of hydrogen-bond donors (Lipinski definition) is 3. The number of carbonyl (C=O) groups excluding carboxylic acids is 1. The van der Waals surface area contributed by atoms with Crippen molar-refractivity contribution in [3.8, 4) is 0 Å². The molecule has 0 aromatic heterocycles. The number of carbonyl (C=O) groups is 1. The van der Waals surface area contributed by atoms with E-state index in [0.717, 1.165) is 25.0 Å². The van der Waals surface area contributed by atoms with Crippen molar-refractivity contribution >= 4 is 35.8 Å². The van der Waals surface area contributed by atoms with Crippen molar-refractivity contribution in [2.75, 3.05) is 19.6 Å². The topological polar surface area (TPSA) is 65.5 Å². The quantitative estimate of drug-likeness (QED) is 0.384. The molecule has 5 nitrogen and oxygen atoms in total. The molecule has 6 heteroatoms. The zero-order valence-electron chi connectivity index (χ0n) is 12.4. The van der Waals surface area contributed by atoms with E-state index in [4.69, 9.17) is 0 Å². The van der Waals surface area contributed by atoms with Gasteiger partial charge < -0.3 is 16.0 Å². The van der Waals surface area contributed by atoms with Gasteiger partial charge in [-0.3, -0.25) is 4.79 Å². The molecule has 0 radical (unpaired) electrons. The van der Waals surface area contributed by atoms with Crippen molar-refractivity contribution in [3.63, 3.8) is 0 Å². The van der Waals surface area contributed by atoms with Gasteiger partial charge in [-0.15, -0.1) is 24.0 Å². The zero-order chi connectivity index (χ0) is 13.6. The Kier molecular flexibility index (Phi) is 8.36. The average Bonchev–Trinajstić information content (AvgIpc) is 3.03. The summed E-state index contributed by atoms with van der Waals surface area (Å²) in [7, 11) is 0. The summed E-state index contributed by atoms with van der Waals surface area (Å²) in [6.45, 7) is 9.83. The van der Waals surface area contributed by atoms with Crippen molar-refractivity contribution in [2.24, 2.45) is 10.9 Å². The summed E-state index contributed by atoms with van der Waals surface area (Å²) in [6, 6.07) is 0. The lowest BCUT2D eigenvalue weighted by Crippen LogP contribution is -2.43. The Morgan fingerprint density at radius 2 is 1.89 bits per heavy atom. The first-order chi connectivity index (χ1) is 8.40. The van der Waals surface area contributed by atoms with Crippen molar-refractivity contribution in [1.82, 2.24) is 16.0 Å². The first-order valence-corrected chi connectivity index (χ1v) is 6.74. The van der Waals surface area contributed by atoms with Gasteiger partial charge in [-0.2, -0.15) is 0 Å². The maximum absolute atomic E-state index is 11.6. The zero-order valence-corrected chi connectivity index (χ0v) is 14.7. The molecule has 1 rings (SSSR count). The predicted molar refractivity (Wildman–Crippen MR) is 90.0 cm³/mol. The first-order valence-electron chi connectivity index (χ1n) is 6.74. The molecule has 0 heterocycles. The van der Waals surface area contributed by atoms with Crippen LogP contribution in [0, 0.1) is 5.92 Å². The van der Waals surface area contributed by atoms with Gasteiger partial charge in [-0.1, -0.05) is 0 Å². The highest BCUT2D eigenvalue weighted by atomic mass is 127. The van der Waals surface area contributed by atoms with Crippen LogP contribution in [0.15, 0.2) is 4.99 Å². The van der Waals surface area contributed by atoms with E-state index >= 15 is 0 Å². The number of rotatable bonds is 5. The normalized spacial score (nSPS) is 15.5. The highest BCUT2D eigenvalue weighted by molar-refractivity contribution is 14.0. The summed E-state index contributed by atoms with van der Waals surface area (Å²) in [5.41, 5.74) is -0.202. The minimum absolute atomic E-state index is 0. The van der Waals surface area contributed by atoms with Gasteiger partial charge in [0.05, 0.1) is 0 Å². The Bertz CT molecular complexity index is 308. The lowest BCUT2D eigenvalue weighted by Gasteiger charge is -2.20. The number of amides is 1. The molecule has 112 valence electrons. The Hall–Kier alpha value is -0.530. The summed E-state index contributed by atoms with van der Waals surface area (Å²) in [6.07, 6.45) is 2.60. The van der Waals surface area contributed by atoms with Crippen molar-refractivity contribution in [1.29, 1.82) is 0 Å². The smallest absolute Gasteiger partial charge is 0.242 e. The van der Waals surface area contributed by atoms with Crippen LogP contribution in [-0.4, -0.2) is 37.0 Å². The maximum atomic E-state index is 11.6. The number of halogens is 1. The van der Waals surface area contributed by atoms with E-state index in [9.17, 15) is 4.79 Å². The monoisotopic (exact) mass is 382 g/mol. The SMILES string of the molecule is CCNC(=NCC(=O)NC(C)(C)C)NCC1CC1.I. The second-order valence-corrected chi connectivity index (χ2v) is 5.82. The Labute approximate surface area is 133 Å². The minimum atomic E-state index is -0.202. The van der Waals surface area contributed by atoms with Crippen LogP contribution in [0.1, 0.15) is 40.5 Å². The molecule has 0 aromatic carbocycles. The number of guanidine groups is 1. The van der Waals surface area contributed by atoms with E-state index in [-0.39, 0.29) is 42.0 Å². The molecule has 0 aromatic rings. The molecule has 1 saturated carbocycles. The standard InChI is InChI=1S/C13H26N4O.HI/c1-5-14-12(15-8-10-6-7-10)16-9-11(18)17-13(2,3)4;/h10H,5-9H2,1-4H3,(H,17,18)(H2,14,15,16);1H. The van der Waals surface area contributed by atoms with Crippen molar-refractivity contribution in [2.45, 2.75) is 46.1 Å². The van der Waals surface area contributed by atoms with E-state index in [1.807, 2.05) is 27.7 Å². The van der Waals surface area contributed by atoms with Gasteiger partial charge in [0.2, 0.25) is 5.91 Å². The summed E-state index contributed by atoms with van der Waals surface area (Å²) >= 11 is 0. The molecular weight excluding hydrogens is 355 g/mol. The lowest BCUT2D eigenvalue weighted by molar-refractivity contribution is -0.121. The van der Waals surface area contributed by atoms with Gasteiger partial charge in [0.1, 0.15) is 6.54 Å². The number of nitrogens with zero attached hydrogens (tertiary/aromatic N) is 1. The molecule has 1 fully saturated rings. The van der Waals surface area contributed by atoms with Gasteiger partial charge in [-0.05, 0) is 46.5 Å². The van der Waals surface area contributed by atoms with Crippen LogP contribution in [0.5, 0.6) is 0 Å². The fourth-order valence-corrected chi connectivity index (χ4v) is 1.51. The van der Waals surface area contributed by atoms with E-state index in [1.54, 1.807) is 0 Å². The second-order valence-electron chi connectivity index (χ2n) is 5.82. The van der Waals surface area contributed by atoms with Gasteiger partial charge in [0.25, 0.3) is 0 Å². The third kappa shape index (κ3) is 9.98. The highest BCUT2D eigenvalue weighted by Gasteiger charge is 2.21. The maximum Gasteiger partial charge on any atom is 0.242 e. The summed E-state index contributed by atoms with van der Waals surface area (Å²) < 4.78 is 0. The van der Waals surface area contributed by atoms with Crippen LogP contribution >= 0.6 is 24.0 Å². The van der Waals surface area contributed by atoms with Gasteiger partial charge in [-0.25, -0.2) is 4.99 Å². The molecule has 0 bridgehead atoms. The Morgan fingerprint density at radius 1 is 1.26 bits per heavy atom. The van der Waals surface area contributed by atoms with E-state index in [0.29, 0.717) is 0 Å². The van der Waals surface area contributed by atoms with Gasteiger partial charge >= 0.3 is 0 Å². The molecule has 0 atom stereocenters. The number of aliphatic imine (C=N–C) groups is 1. The summed E-state index contributed by atoms with van der Waals surface area (Å²) in [5.74, 6) is 1.47. The van der Waals surface area contributed by atoms with Crippen LogP contribution in [-0.2, 0) is 4.79 Å². The Morgan fingerprint density at radius 3 is 2.37 bits per heavy atom. The lowest BCUT2D eigenvalue weighted by atomic mass is 10.1. The molecule has 1 amide bonds. The fraction of sp³-hybridized carbons (Fsp3) is 0.846. The van der Waals surface area contributed by atoms with Gasteiger partial charge in [0.15, 0.2) is 5.96 Å². The third-order valence-electron chi connectivity index (χ3n) is 2.49. The predicted octanol–water partition coefficient (Wildman–Crippen LogP) is 1.48. The van der Waals surface area contributed by atoms with Crippen molar-refractivity contribution < 1.29 is 4.79 Å². The van der Waals surface area contributed by atoms with E-state index in [2.05, 4.69) is 20.9 Å². The molecule has 1 aliphatic rings. The number of nitrogens with one attached hydrogen (secondary N) is 3. The van der Waals surface area contributed by atoms with Crippen LogP contribution in [0.3, 0.4) is 0 Å². The van der Waals surface area contributed by atoms with E-state index < -0.39 is 0 Å². The molecular formula is C13H27IN4O. The average molecular weight is 382 g/mol. The van der Waals surface area contributed by atoms with Crippen LogP contribution < -0.4 is 16.0 Å². The third-order valence-corrected chi connectivity index (χ3v) is 2.49. The first kappa shape index (κ1) is 18.5. The summed E-state index contributed by atoms with van der Waals surface area (Å²) in [4.78, 5) is 15.9. The molecule has 0 unspecified atom stereocenters. The summed E-state index contributed by atoms with van der Waals surface area (Å²) in [5, 5.41) is 9.29. The van der Waals surface area contributed by atoms with Crippen molar-refractivity contribution in [3.05, 3.63) is 0 Å². The second kappa shape index (κ2) is 8.60. The Balaban J connectivity index is 0.00000324.